The monoisotopic (exact) mass is 300 g/mol. The minimum Gasteiger partial charge on any atom is -0.493 e. The zero-order chi connectivity index (χ0) is 12.8. The SMILES string of the molecule is CCOc1ccc(C(N)CCC(N)=O)cc1Br. The maximum Gasteiger partial charge on any atom is 0.217 e. The number of rotatable bonds is 6. The number of carbonyl (C=O) groups excluding carboxylic acids is 1. The van der Waals surface area contributed by atoms with Crippen molar-refractivity contribution < 1.29 is 9.53 Å². The fourth-order valence-corrected chi connectivity index (χ4v) is 2.00. The predicted octanol–water partition coefficient (Wildman–Crippen LogP) is 2.11. The van der Waals surface area contributed by atoms with Crippen LogP contribution in [0.1, 0.15) is 31.4 Å². The van der Waals surface area contributed by atoms with Crippen molar-refractivity contribution in [1.29, 1.82) is 0 Å². The number of ether oxygens (including phenoxy) is 1. The number of halogens is 1. The van der Waals surface area contributed by atoms with Crippen LogP contribution < -0.4 is 16.2 Å². The second-order valence-electron chi connectivity index (χ2n) is 3.73. The summed E-state index contributed by atoms with van der Waals surface area (Å²) in [6, 6.07) is 5.50. The van der Waals surface area contributed by atoms with Gasteiger partial charge in [-0.1, -0.05) is 6.07 Å². The van der Waals surface area contributed by atoms with Crippen LogP contribution in [0.4, 0.5) is 0 Å². The van der Waals surface area contributed by atoms with Gasteiger partial charge in [0.2, 0.25) is 5.91 Å². The highest BCUT2D eigenvalue weighted by atomic mass is 79.9. The first-order valence-corrected chi connectivity index (χ1v) is 6.30. The molecular weight excluding hydrogens is 284 g/mol. The lowest BCUT2D eigenvalue weighted by molar-refractivity contribution is -0.118. The summed E-state index contributed by atoms with van der Waals surface area (Å²) in [5.41, 5.74) is 12.0. The van der Waals surface area contributed by atoms with Gasteiger partial charge in [-0.3, -0.25) is 4.79 Å². The van der Waals surface area contributed by atoms with E-state index in [1.54, 1.807) is 0 Å². The Hall–Kier alpha value is -1.07. The molecular formula is C12H17BrN2O2. The van der Waals surface area contributed by atoms with Crippen LogP contribution in [0, 0.1) is 0 Å². The fraction of sp³-hybridized carbons (Fsp3) is 0.417. The Kier molecular flexibility index (Phi) is 5.44. The summed E-state index contributed by atoms with van der Waals surface area (Å²) >= 11 is 3.42. The highest BCUT2D eigenvalue weighted by Gasteiger charge is 2.10. The number of primary amides is 1. The minimum atomic E-state index is -0.328. The van der Waals surface area contributed by atoms with Crippen molar-refractivity contribution in [2.75, 3.05) is 6.61 Å². The second-order valence-corrected chi connectivity index (χ2v) is 4.59. The Labute approximate surface area is 109 Å². The molecule has 1 aromatic carbocycles. The standard InChI is InChI=1S/C12H17BrN2O2/c1-2-17-11-5-3-8(7-9(11)13)10(14)4-6-12(15)16/h3,5,7,10H,2,4,6,14H2,1H3,(H2,15,16). The van der Waals surface area contributed by atoms with Crippen molar-refractivity contribution in [3.8, 4) is 5.75 Å². The van der Waals surface area contributed by atoms with Gasteiger partial charge in [0.15, 0.2) is 0 Å². The highest BCUT2D eigenvalue weighted by molar-refractivity contribution is 9.10. The van der Waals surface area contributed by atoms with E-state index in [0.717, 1.165) is 15.8 Å². The summed E-state index contributed by atoms with van der Waals surface area (Å²) in [5, 5.41) is 0. The van der Waals surface area contributed by atoms with Crippen LogP contribution in [0.3, 0.4) is 0 Å². The lowest BCUT2D eigenvalue weighted by Gasteiger charge is -2.13. The number of hydrogen-bond donors (Lipinski definition) is 2. The average molecular weight is 301 g/mol. The maximum absolute atomic E-state index is 10.7. The largest absolute Gasteiger partial charge is 0.493 e. The molecule has 1 unspecified atom stereocenters. The summed E-state index contributed by atoms with van der Waals surface area (Å²) in [7, 11) is 0. The van der Waals surface area contributed by atoms with Gasteiger partial charge in [0.05, 0.1) is 11.1 Å². The van der Waals surface area contributed by atoms with Crippen molar-refractivity contribution in [2.45, 2.75) is 25.8 Å². The van der Waals surface area contributed by atoms with E-state index in [4.69, 9.17) is 16.2 Å². The molecule has 0 fully saturated rings. The molecule has 0 heterocycles. The van der Waals surface area contributed by atoms with Gasteiger partial charge in [-0.15, -0.1) is 0 Å². The smallest absolute Gasteiger partial charge is 0.217 e. The van der Waals surface area contributed by atoms with Crippen LogP contribution in [-0.2, 0) is 4.79 Å². The number of hydrogen-bond acceptors (Lipinski definition) is 3. The molecule has 1 atom stereocenters. The van der Waals surface area contributed by atoms with E-state index in [0.29, 0.717) is 19.4 Å². The first kappa shape index (κ1) is 14.0. The van der Waals surface area contributed by atoms with Crippen LogP contribution in [0.2, 0.25) is 0 Å². The first-order valence-electron chi connectivity index (χ1n) is 5.50. The lowest BCUT2D eigenvalue weighted by atomic mass is 10.0. The zero-order valence-electron chi connectivity index (χ0n) is 9.78. The number of amides is 1. The van der Waals surface area contributed by atoms with Crippen molar-refractivity contribution >= 4 is 21.8 Å². The Balaban J connectivity index is 2.71. The van der Waals surface area contributed by atoms with Crippen LogP contribution in [0.5, 0.6) is 5.75 Å². The molecule has 94 valence electrons. The van der Waals surface area contributed by atoms with Gasteiger partial charge >= 0.3 is 0 Å². The van der Waals surface area contributed by atoms with E-state index in [1.807, 2.05) is 25.1 Å². The van der Waals surface area contributed by atoms with Crippen molar-refractivity contribution in [1.82, 2.24) is 0 Å². The van der Waals surface area contributed by atoms with Gasteiger partial charge in [0.1, 0.15) is 5.75 Å². The van der Waals surface area contributed by atoms with E-state index in [-0.39, 0.29) is 11.9 Å². The first-order chi connectivity index (χ1) is 8.04. The normalized spacial score (nSPS) is 12.2. The van der Waals surface area contributed by atoms with Crippen LogP contribution in [0.25, 0.3) is 0 Å². The summed E-state index contributed by atoms with van der Waals surface area (Å²) in [5.74, 6) is 0.462. The van der Waals surface area contributed by atoms with E-state index in [1.165, 1.54) is 0 Å². The molecule has 1 aromatic rings. The lowest BCUT2D eigenvalue weighted by Crippen LogP contribution is -2.16. The Bertz CT molecular complexity index is 396. The molecule has 0 radical (unpaired) electrons. The maximum atomic E-state index is 10.7. The molecule has 1 rings (SSSR count). The predicted molar refractivity (Wildman–Crippen MR) is 70.7 cm³/mol. The molecule has 0 spiro atoms. The van der Waals surface area contributed by atoms with E-state index >= 15 is 0 Å². The van der Waals surface area contributed by atoms with Gasteiger partial charge in [0, 0.05) is 12.5 Å². The Morgan fingerprint density at radius 2 is 2.24 bits per heavy atom. The molecule has 1 amide bonds. The van der Waals surface area contributed by atoms with Crippen molar-refractivity contribution in [2.24, 2.45) is 11.5 Å². The van der Waals surface area contributed by atoms with Crippen LogP contribution >= 0.6 is 15.9 Å². The third-order valence-corrected chi connectivity index (χ3v) is 3.01. The van der Waals surface area contributed by atoms with Crippen molar-refractivity contribution in [3.63, 3.8) is 0 Å². The van der Waals surface area contributed by atoms with E-state index in [2.05, 4.69) is 15.9 Å². The Morgan fingerprint density at radius 1 is 1.53 bits per heavy atom. The topological polar surface area (TPSA) is 78.3 Å². The third kappa shape index (κ3) is 4.36. The molecule has 4 nitrogen and oxygen atoms in total. The van der Waals surface area contributed by atoms with Gasteiger partial charge in [0.25, 0.3) is 0 Å². The number of nitrogens with two attached hydrogens (primary N) is 2. The molecule has 4 N–H and O–H groups in total. The zero-order valence-corrected chi connectivity index (χ0v) is 11.4. The summed E-state index contributed by atoms with van der Waals surface area (Å²) in [4.78, 5) is 10.7. The number of carbonyl (C=O) groups is 1. The Morgan fingerprint density at radius 3 is 2.76 bits per heavy atom. The molecule has 0 aliphatic rings. The van der Waals surface area contributed by atoms with Crippen LogP contribution in [-0.4, -0.2) is 12.5 Å². The van der Waals surface area contributed by atoms with Crippen molar-refractivity contribution in [3.05, 3.63) is 28.2 Å². The molecule has 0 bridgehead atoms. The number of benzene rings is 1. The highest BCUT2D eigenvalue weighted by Crippen LogP contribution is 2.28. The fourth-order valence-electron chi connectivity index (χ4n) is 1.48. The van der Waals surface area contributed by atoms with Gasteiger partial charge in [-0.25, -0.2) is 0 Å². The summed E-state index contributed by atoms with van der Waals surface area (Å²) < 4.78 is 6.27. The molecule has 0 saturated heterocycles. The average Bonchev–Trinajstić information content (AvgIpc) is 2.28. The third-order valence-electron chi connectivity index (χ3n) is 2.39. The van der Waals surface area contributed by atoms with Gasteiger partial charge < -0.3 is 16.2 Å². The van der Waals surface area contributed by atoms with E-state index in [9.17, 15) is 4.79 Å². The molecule has 17 heavy (non-hydrogen) atoms. The molecule has 0 saturated carbocycles. The molecule has 0 aliphatic heterocycles. The summed E-state index contributed by atoms with van der Waals surface area (Å²) in [6.07, 6.45) is 0.849. The molecule has 0 aromatic heterocycles. The molecule has 5 heteroatoms. The van der Waals surface area contributed by atoms with E-state index < -0.39 is 0 Å². The quantitative estimate of drug-likeness (QED) is 0.844. The summed E-state index contributed by atoms with van der Waals surface area (Å²) in [6.45, 7) is 2.55. The van der Waals surface area contributed by atoms with Gasteiger partial charge in [-0.05, 0) is 47.0 Å². The minimum absolute atomic E-state index is 0.186. The van der Waals surface area contributed by atoms with Gasteiger partial charge in [-0.2, -0.15) is 0 Å². The second kappa shape index (κ2) is 6.61. The molecule has 0 aliphatic carbocycles. The van der Waals surface area contributed by atoms with Crippen LogP contribution in [0.15, 0.2) is 22.7 Å².